The Bertz CT molecular complexity index is 384. The van der Waals surface area contributed by atoms with Crippen molar-refractivity contribution in [3.63, 3.8) is 0 Å². The van der Waals surface area contributed by atoms with Gasteiger partial charge in [-0.15, -0.1) is 0 Å². The lowest BCUT2D eigenvalue weighted by Gasteiger charge is -2.01. The van der Waals surface area contributed by atoms with E-state index in [1.807, 2.05) is 0 Å². The summed E-state index contributed by atoms with van der Waals surface area (Å²) in [7, 11) is 0. The molecule has 2 rings (SSSR count). The molecule has 0 aliphatic heterocycles. The van der Waals surface area contributed by atoms with Crippen LogP contribution in [0.4, 0.5) is 11.4 Å². The van der Waals surface area contributed by atoms with E-state index < -0.39 is 0 Å². The highest BCUT2D eigenvalue weighted by atomic mass is 14.8. The molecule has 2 aromatic rings. The van der Waals surface area contributed by atoms with Crippen LogP contribution in [0, 0.1) is 0 Å². The summed E-state index contributed by atoms with van der Waals surface area (Å²) in [5.41, 5.74) is 13.4. The number of nitrogens with zero attached hydrogens (tertiary/aromatic N) is 2. The van der Waals surface area contributed by atoms with Crippen molar-refractivity contribution < 1.29 is 0 Å². The number of rotatable bonds is 0. The van der Waals surface area contributed by atoms with Gasteiger partial charge in [0.1, 0.15) is 6.33 Å². The summed E-state index contributed by atoms with van der Waals surface area (Å²) in [6, 6.07) is 3.49. The van der Waals surface area contributed by atoms with E-state index in [9.17, 15) is 0 Å². The number of hydrogen-bond acceptors (Lipinski definition) is 4. The molecule has 12 heavy (non-hydrogen) atoms. The van der Waals surface area contributed by atoms with Crippen LogP contribution in [0.1, 0.15) is 0 Å². The smallest absolute Gasteiger partial charge is 0.116 e. The van der Waals surface area contributed by atoms with Gasteiger partial charge in [-0.25, -0.2) is 9.97 Å². The van der Waals surface area contributed by atoms with Crippen molar-refractivity contribution >= 4 is 22.3 Å². The van der Waals surface area contributed by atoms with Crippen LogP contribution in [0.5, 0.6) is 0 Å². The molecule has 0 atom stereocenters. The number of benzene rings is 1. The van der Waals surface area contributed by atoms with Gasteiger partial charge in [-0.2, -0.15) is 0 Å². The number of anilines is 2. The van der Waals surface area contributed by atoms with Crippen LogP contribution in [-0.4, -0.2) is 9.97 Å². The molecule has 0 fully saturated rings. The molecule has 0 saturated carbocycles. The molecule has 0 radical (unpaired) electrons. The van der Waals surface area contributed by atoms with Crippen LogP contribution in [0.15, 0.2) is 24.7 Å². The second-order valence-corrected chi connectivity index (χ2v) is 2.53. The summed E-state index contributed by atoms with van der Waals surface area (Å²) >= 11 is 0. The van der Waals surface area contributed by atoms with Crippen molar-refractivity contribution in [1.82, 2.24) is 9.97 Å². The third-order valence-electron chi connectivity index (χ3n) is 1.74. The highest BCUT2D eigenvalue weighted by Crippen LogP contribution is 2.22. The molecule has 0 bridgehead atoms. The predicted molar refractivity (Wildman–Crippen MR) is 48.4 cm³/mol. The normalized spacial score (nSPS) is 10.3. The van der Waals surface area contributed by atoms with Crippen molar-refractivity contribution in [3.8, 4) is 0 Å². The fourth-order valence-corrected chi connectivity index (χ4v) is 1.12. The third-order valence-corrected chi connectivity index (χ3v) is 1.74. The van der Waals surface area contributed by atoms with Crippen molar-refractivity contribution in [3.05, 3.63) is 24.7 Å². The second kappa shape index (κ2) is 2.34. The number of aromatic nitrogens is 2. The van der Waals surface area contributed by atoms with E-state index in [-0.39, 0.29) is 0 Å². The average Bonchev–Trinajstić information content (AvgIpc) is 2.12. The predicted octanol–water partition coefficient (Wildman–Crippen LogP) is 0.794. The topological polar surface area (TPSA) is 77.8 Å². The zero-order valence-corrected chi connectivity index (χ0v) is 6.36. The van der Waals surface area contributed by atoms with Gasteiger partial charge in [0.05, 0.1) is 11.2 Å². The zero-order chi connectivity index (χ0) is 8.55. The van der Waals surface area contributed by atoms with E-state index in [0.717, 1.165) is 5.39 Å². The molecular weight excluding hydrogens is 152 g/mol. The summed E-state index contributed by atoms with van der Waals surface area (Å²) in [6.07, 6.45) is 3.12. The Morgan fingerprint density at radius 3 is 2.58 bits per heavy atom. The minimum atomic E-state index is 0.626. The first-order valence-corrected chi connectivity index (χ1v) is 3.52. The van der Waals surface area contributed by atoms with E-state index in [2.05, 4.69) is 9.97 Å². The Balaban J connectivity index is 2.95. The summed E-state index contributed by atoms with van der Waals surface area (Å²) < 4.78 is 0. The van der Waals surface area contributed by atoms with Gasteiger partial charge < -0.3 is 11.5 Å². The van der Waals surface area contributed by atoms with E-state index in [4.69, 9.17) is 11.5 Å². The molecule has 0 aliphatic carbocycles. The molecule has 4 heteroatoms. The van der Waals surface area contributed by atoms with Gasteiger partial charge in [-0.05, 0) is 12.1 Å². The van der Waals surface area contributed by atoms with Gasteiger partial charge in [-0.1, -0.05) is 0 Å². The highest BCUT2D eigenvalue weighted by Gasteiger charge is 2.00. The molecule has 60 valence electrons. The van der Waals surface area contributed by atoms with Crippen LogP contribution in [-0.2, 0) is 0 Å². The Hall–Kier alpha value is -1.84. The summed E-state index contributed by atoms with van der Waals surface area (Å²) in [5.74, 6) is 0. The maximum atomic E-state index is 5.69. The fraction of sp³-hybridized carbons (Fsp3) is 0. The standard InChI is InChI=1S/C8H8N4/c9-6-1-2-7(10)8-5(6)3-11-4-12-8/h1-4H,9-10H2. The lowest BCUT2D eigenvalue weighted by molar-refractivity contribution is 1.22. The molecule has 0 spiro atoms. The monoisotopic (exact) mass is 160 g/mol. The lowest BCUT2D eigenvalue weighted by atomic mass is 10.2. The van der Waals surface area contributed by atoms with Crippen LogP contribution in [0.25, 0.3) is 10.9 Å². The second-order valence-electron chi connectivity index (χ2n) is 2.53. The molecule has 0 saturated heterocycles. The van der Waals surface area contributed by atoms with Crippen LogP contribution >= 0.6 is 0 Å². The van der Waals surface area contributed by atoms with E-state index in [0.29, 0.717) is 16.9 Å². The summed E-state index contributed by atoms with van der Waals surface area (Å²) in [4.78, 5) is 7.89. The van der Waals surface area contributed by atoms with E-state index in [1.165, 1.54) is 6.33 Å². The molecule has 0 amide bonds. The third kappa shape index (κ3) is 0.852. The Morgan fingerprint density at radius 1 is 1.08 bits per heavy atom. The molecular formula is C8H8N4. The van der Waals surface area contributed by atoms with E-state index >= 15 is 0 Å². The highest BCUT2D eigenvalue weighted by molar-refractivity contribution is 5.96. The molecule has 4 N–H and O–H groups in total. The van der Waals surface area contributed by atoms with Crippen LogP contribution < -0.4 is 11.5 Å². The number of hydrogen-bond donors (Lipinski definition) is 2. The Kier molecular flexibility index (Phi) is 1.33. The van der Waals surface area contributed by atoms with Gasteiger partial charge in [0, 0.05) is 17.3 Å². The van der Waals surface area contributed by atoms with Crippen molar-refractivity contribution in [2.24, 2.45) is 0 Å². The van der Waals surface area contributed by atoms with E-state index in [1.54, 1.807) is 18.3 Å². The van der Waals surface area contributed by atoms with Crippen molar-refractivity contribution in [2.75, 3.05) is 11.5 Å². The van der Waals surface area contributed by atoms with Crippen LogP contribution in [0.3, 0.4) is 0 Å². The van der Waals surface area contributed by atoms with Gasteiger partial charge >= 0.3 is 0 Å². The maximum Gasteiger partial charge on any atom is 0.116 e. The lowest BCUT2D eigenvalue weighted by Crippen LogP contribution is -1.94. The molecule has 0 aliphatic rings. The zero-order valence-electron chi connectivity index (χ0n) is 6.36. The molecule has 1 heterocycles. The van der Waals surface area contributed by atoms with Crippen molar-refractivity contribution in [1.29, 1.82) is 0 Å². The molecule has 1 aromatic heterocycles. The Morgan fingerprint density at radius 2 is 1.83 bits per heavy atom. The first-order valence-electron chi connectivity index (χ1n) is 3.52. The first kappa shape index (κ1) is 6.84. The average molecular weight is 160 g/mol. The van der Waals surface area contributed by atoms with Crippen LogP contribution in [0.2, 0.25) is 0 Å². The van der Waals surface area contributed by atoms with Gasteiger partial charge in [0.2, 0.25) is 0 Å². The largest absolute Gasteiger partial charge is 0.398 e. The first-order chi connectivity index (χ1) is 5.79. The summed E-state index contributed by atoms with van der Waals surface area (Å²) in [6.45, 7) is 0. The SMILES string of the molecule is Nc1ccc(N)c2ncncc12. The molecule has 4 nitrogen and oxygen atoms in total. The quantitative estimate of drug-likeness (QED) is 0.558. The van der Waals surface area contributed by atoms with Gasteiger partial charge in [0.25, 0.3) is 0 Å². The fourth-order valence-electron chi connectivity index (χ4n) is 1.12. The number of fused-ring (bicyclic) bond motifs is 1. The van der Waals surface area contributed by atoms with Gasteiger partial charge in [0.15, 0.2) is 0 Å². The van der Waals surface area contributed by atoms with Crippen molar-refractivity contribution in [2.45, 2.75) is 0 Å². The summed E-state index contributed by atoms with van der Waals surface area (Å²) in [5, 5.41) is 0.803. The molecule has 0 unspecified atom stereocenters. The number of nitrogens with two attached hydrogens (primary N) is 2. The molecule has 1 aromatic carbocycles. The Labute approximate surface area is 69.2 Å². The number of nitrogen functional groups attached to an aromatic ring is 2. The maximum absolute atomic E-state index is 5.69. The minimum Gasteiger partial charge on any atom is -0.398 e. The minimum absolute atomic E-state index is 0.626. The van der Waals surface area contributed by atoms with Gasteiger partial charge in [-0.3, -0.25) is 0 Å².